The Bertz CT molecular complexity index is 544. The van der Waals surface area contributed by atoms with Crippen LogP contribution >= 0.6 is 0 Å². The maximum absolute atomic E-state index is 13.6. The van der Waals surface area contributed by atoms with Gasteiger partial charge in [-0.2, -0.15) is 0 Å². The Morgan fingerprint density at radius 3 is 2.45 bits per heavy atom. The number of nitrogens with one attached hydrogen (secondary N) is 1. The molecule has 0 aliphatic heterocycles. The Morgan fingerprint density at radius 1 is 1.20 bits per heavy atom. The average Bonchev–Trinajstić information content (AvgIpc) is 2.70. The number of aromatic carboxylic acids is 1. The molecule has 2 rings (SSSR count). The molecule has 0 aromatic heterocycles. The van der Waals surface area contributed by atoms with Gasteiger partial charge in [0, 0.05) is 5.92 Å². The van der Waals surface area contributed by atoms with Gasteiger partial charge in [0.1, 0.15) is 5.82 Å². The van der Waals surface area contributed by atoms with Crippen LogP contribution in [-0.4, -0.2) is 17.0 Å². The van der Waals surface area contributed by atoms with Gasteiger partial charge in [-0.15, -0.1) is 0 Å². The molecule has 1 aromatic carbocycles. The second-order valence-corrected chi connectivity index (χ2v) is 4.81. The van der Waals surface area contributed by atoms with Gasteiger partial charge in [0.2, 0.25) is 5.91 Å². The predicted molar refractivity (Wildman–Crippen MR) is 73.1 cm³/mol. The van der Waals surface area contributed by atoms with Gasteiger partial charge in [0.15, 0.2) is 0 Å². The van der Waals surface area contributed by atoms with Crippen LogP contribution in [0.3, 0.4) is 0 Å². The Balaban J connectivity index is 2.10. The normalized spacial score (nSPS) is 15.7. The van der Waals surface area contributed by atoms with Crippen LogP contribution in [0.25, 0.3) is 0 Å². The van der Waals surface area contributed by atoms with Crippen molar-refractivity contribution in [2.75, 3.05) is 5.32 Å². The molecule has 0 bridgehead atoms. The number of anilines is 1. The zero-order chi connectivity index (χ0) is 14.5. The Morgan fingerprint density at radius 2 is 1.85 bits per heavy atom. The Hall–Kier alpha value is -2.17. The van der Waals surface area contributed by atoms with E-state index in [1.54, 1.807) is 0 Å². The topological polar surface area (TPSA) is 66.4 Å². The smallest absolute Gasteiger partial charge is 0.335 e. The van der Waals surface area contributed by atoms with Crippen molar-refractivity contribution < 1.29 is 19.1 Å². The SMILES string of the molecule is O=C(O)c1ccc(F)c(NC(=O)C2CCC=CCC2)c1. The number of allylic oxidation sites excluding steroid dienone is 2. The Kier molecular flexibility index (Phi) is 4.50. The van der Waals surface area contributed by atoms with Crippen molar-refractivity contribution >= 4 is 17.6 Å². The predicted octanol–water partition coefficient (Wildman–Crippen LogP) is 3.21. The molecule has 0 spiro atoms. The monoisotopic (exact) mass is 277 g/mol. The van der Waals surface area contributed by atoms with E-state index in [0.717, 1.165) is 37.8 Å². The summed E-state index contributed by atoms with van der Waals surface area (Å²) >= 11 is 0. The molecule has 0 radical (unpaired) electrons. The summed E-state index contributed by atoms with van der Waals surface area (Å²) in [7, 11) is 0. The number of carbonyl (C=O) groups excluding carboxylic acids is 1. The van der Waals surface area contributed by atoms with Crippen LogP contribution in [0.1, 0.15) is 36.0 Å². The van der Waals surface area contributed by atoms with E-state index in [4.69, 9.17) is 5.11 Å². The summed E-state index contributed by atoms with van der Waals surface area (Å²) in [6.45, 7) is 0. The first-order chi connectivity index (χ1) is 9.58. The lowest BCUT2D eigenvalue weighted by molar-refractivity contribution is -0.120. The third kappa shape index (κ3) is 3.44. The highest BCUT2D eigenvalue weighted by molar-refractivity contribution is 5.95. The molecule has 0 fully saturated rings. The van der Waals surface area contributed by atoms with Gasteiger partial charge in [-0.05, 0) is 43.9 Å². The fourth-order valence-corrected chi connectivity index (χ4v) is 2.23. The molecule has 1 aliphatic rings. The molecule has 0 unspecified atom stereocenters. The van der Waals surface area contributed by atoms with Gasteiger partial charge >= 0.3 is 5.97 Å². The van der Waals surface area contributed by atoms with Gasteiger partial charge < -0.3 is 10.4 Å². The van der Waals surface area contributed by atoms with Gasteiger partial charge in [-0.25, -0.2) is 9.18 Å². The fraction of sp³-hybridized carbons (Fsp3) is 0.333. The minimum Gasteiger partial charge on any atom is -0.478 e. The highest BCUT2D eigenvalue weighted by Gasteiger charge is 2.20. The molecular weight excluding hydrogens is 261 g/mol. The molecule has 0 saturated heterocycles. The lowest BCUT2D eigenvalue weighted by Gasteiger charge is -2.14. The summed E-state index contributed by atoms with van der Waals surface area (Å²) in [5.74, 6) is -2.21. The third-order valence-corrected chi connectivity index (χ3v) is 3.37. The van der Waals surface area contributed by atoms with Crippen molar-refractivity contribution in [1.29, 1.82) is 0 Å². The van der Waals surface area contributed by atoms with Crippen LogP contribution < -0.4 is 5.32 Å². The summed E-state index contributed by atoms with van der Waals surface area (Å²) in [6, 6.07) is 3.36. The molecule has 0 saturated carbocycles. The minimum absolute atomic E-state index is 0.0516. The van der Waals surface area contributed by atoms with E-state index in [1.807, 2.05) is 12.2 Å². The minimum atomic E-state index is -1.15. The molecule has 4 nitrogen and oxygen atoms in total. The number of hydrogen-bond acceptors (Lipinski definition) is 2. The summed E-state index contributed by atoms with van der Waals surface area (Å²) in [6.07, 6.45) is 7.19. The maximum atomic E-state index is 13.6. The first-order valence-electron chi connectivity index (χ1n) is 6.56. The molecule has 20 heavy (non-hydrogen) atoms. The molecule has 2 N–H and O–H groups in total. The van der Waals surface area contributed by atoms with Gasteiger partial charge in [-0.3, -0.25) is 4.79 Å². The average molecular weight is 277 g/mol. The fourth-order valence-electron chi connectivity index (χ4n) is 2.23. The van der Waals surface area contributed by atoms with E-state index in [-0.39, 0.29) is 23.1 Å². The number of hydrogen-bond donors (Lipinski definition) is 2. The molecule has 1 aliphatic carbocycles. The first-order valence-corrected chi connectivity index (χ1v) is 6.56. The number of carboxylic acids is 1. The van der Waals surface area contributed by atoms with Crippen molar-refractivity contribution in [2.24, 2.45) is 5.92 Å². The zero-order valence-electron chi connectivity index (χ0n) is 10.9. The quantitative estimate of drug-likeness (QED) is 0.834. The van der Waals surface area contributed by atoms with Crippen molar-refractivity contribution in [3.05, 3.63) is 41.7 Å². The van der Waals surface area contributed by atoms with Gasteiger partial charge in [0.05, 0.1) is 11.3 Å². The van der Waals surface area contributed by atoms with E-state index >= 15 is 0 Å². The Labute approximate surface area is 116 Å². The van der Waals surface area contributed by atoms with Gasteiger partial charge in [0.25, 0.3) is 0 Å². The number of amides is 1. The summed E-state index contributed by atoms with van der Waals surface area (Å²) < 4.78 is 13.6. The maximum Gasteiger partial charge on any atom is 0.335 e. The molecule has 0 atom stereocenters. The molecule has 1 aromatic rings. The van der Waals surface area contributed by atoms with E-state index in [0.29, 0.717) is 0 Å². The van der Waals surface area contributed by atoms with Crippen LogP contribution in [0.15, 0.2) is 30.4 Å². The third-order valence-electron chi connectivity index (χ3n) is 3.37. The van der Waals surface area contributed by atoms with Gasteiger partial charge in [-0.1, -0.05) is 12.2 Å². The lowest BCUT2D eigenvalue weighted by Crippen LogP contribution is -2.23. The molecule has 1 amide bonds. The summed E-state index contributed by atoms with van der Waals surface area (Å²) in [4.78, 5) is 23.0. The van der Waals surface area contributed by atoms with E-state index in [1.165, 1.54) is 6.07 Å². The lowest BCUT2D eigenvalue weighted by atomic mass is 9.99. The molecule has 106 valence electrons. The largest absolute Gasteiger partial charge is 0.478 e. The van der Waals surface area contributed by atoms with E-state index in [9.17, 15) is 14.0 Å². The van der Waals surface area contributed by atoms with Crippen molar-refractivity contribution in [1.82, 2.24) is 0 Å². The number of rotatable bonds is 3. The zero-order valence-corrected chi connectivity index (χ0v) is 10.9. The summed E-state index contributed by atoms with van der Waals surface area (Å²) in [5, 5.41) is 11.4. The van der Waals surface area contributed by atoms with Crippen molar-refractivity contribution in [3.63, 3.8) is 0 Å². The molecule has 0 heterocycles. The number of carboxylic acid groups (broad SMARTS) is 1. The van der Waals surface area contributed by atoms with Crippen LogP contribution in [0, 0.1) is 11.7 Å². The van der Waals surface area contributed by atoms with Crippen molar-refractivity contribution in [3.8, 4) is 0 Å². The highest BCUT2D eigenvalue weighted by Crippen LogP contribution is 2.22. The number of halogens is 1. The number of carbonyl (C=O) groups is 2. The molecular formula is C15H16FNO3. The first kappa shape index (κ1) is 14.2. The molecule has 5 heteroatoms. The van der Waals surface area contributed by atoms with E-state index in [2.05, 4.69) is 5.32 Å². The number of benzene rings is 1. The highest BCUT2D eigenvalue weighted by atomic mass is 19.1. The van der Waals surface area contributed by atoms with Crippen LogP contribution in [-0.2, 0) is 4.79 Å². The van der Waals surface area contributed by atoms with Crippen LogP contribution in [0.5, 0.6) is 0 Å². The standard InChI is InChI=1S/C15H16FNO3/c16-12-8-7-11(15(19)20)9-13(12)17-14(18)10-5-3-1-2-4-6-10/h1-2,7-10H,3-6H2,(H,17,18)(H,19,20). The second-order valence-electron chi connectivity index (χ2n) is 4.81. The van der Waals surface area contributed by atoms with Crippen LogP contribution in [0.4, 0.5) is 10.1 Å². The summed E-state index contributed by atoms with van der Waals surface area (Å²) in [5.41, 5.74) is -0.128. The van der Waals surface area contributed by atoms with Crippen molar-refractivity contribution in [2.45, 2.75) is 25.7 Å². The van der Waals surface area contributed by atoms with E-state index < -0.39 is 11.8 Å². The van der Waals surface area contributed by atoms with Crippen LogP contribution in [0.2, 0.25) is 0 Å². The second kappa shape index (κ2) is 6.32.